The van der Waals surface area contributed by atoms with Crippen LogP contribution in [-0.2, 0) is 4.79 Å². The van der Waals surface area contributed by atoms with E-state index in [1.807, 2.05) is 13.8 Å². The molecule has 17 heavy (non-hydrogen) atoms. The fraction of sp³-hybridized carbons (Fsp3) is 0.455. The quantitative estimate of drug-likeness (QED) is 0.870. The third kappa shape index (κ3) is 3.78. The van der Waals surface area contributed by atoms with E-state index < -0.39 is 5.91 Å². The number of carbonyl (C=O) groups excluding carboxylic acids is 2. The first kappa shape index (κ1) is 13.6. The van der Waals surface area contributed by atoms with Gasteiger partial charge in [0.2, 0.25) is 11.1 Å². The van der Waals surface area contributed by atoms with Gasteiger partial charge in [-0.25, -0.2) is 0 Å². The lowest BCUT2D eigenvalue weighted by Gasteiger charge is -2.22. The maximum absolute atomic E-state index is 12.1. The molecule has 1 aromatic rings. The zero-order valence-electron chi connectivity index (χ0n) is 9.77. The van der Waals surface area contributed by atoms with E-state index in [1.165, 1.54) is 17.2 Å². The largest absolute Gasteiger partial charge is 0.452 e. The summed E-state index contributed by atoms with van der Waals surface area (Å²) in [5.74, 6) is -0.682. The molecule has 0 saturated heterocycles. The number of hydrogen-bond acceptors (Lipinski definition) is 3. The normalized spacial score (nSPS) is 10.6. The standard InChI is InChI=1S/C11H15ClN2O3/c1-7(2)5-14(6-9(13)15)11(16)8-3-4-17-10(8)12/h3-4,7H,5-6H2,1-2H3,(H2,13,15). The second kappa shape index (κ2) is 5.72. The first-order valence-corrected chi connectivity index (χ1v) is 5.60. The highest BCUT2D eigenvalue weighted by atomic mass is 35.5. The molecule has 0 radical (unpaired) electrons. The van der Waals surface area contributed by atoms with Gasteiger partial charge in [0.05, 0.1) is 18.4 Å². The number of primary amides is 1. The molecule has 5 nitrogen and oxygen atoms in total. The Labute approximate surface area is 105 Å². The van der Waals surface area contributed by atoms with E-state index in [-0.39, 0.29) is 29.2 Å². The molecule has 0 saturated carbocycles. The summed E-state index contributed by atoms with van der Waals surface area (Å²) >= 11 is 5.72. The first-order valence-electron chi connectivity index (χ1n) is 5.22. The molecule has 6 heteroatoms. The van der Waals surface area contributed by atoms with E-state index >= 15 is 0 Å². The summed E-state index contributed by atoms with van der Waals surface area (Å²) in [6.07, 6.45) is 1.33. The van der Waals surface area contributed by atoms with Crippen molar-refractivity contribution >= 4 is 23.4 Å². The highest BCUT2D eigenvalue weighted by Gasteiger charge is 2.22. The average molecular weight is 259 g/mol. The minimum Gasteiger partial charge on any atom is -0.452 e. The summed E-state index contributed by atoms with van der Waals surface area (Å²) in [6.45, 7) is 4.19. The van der Waals surface area contributed by atoms with Gasteiger partial charge in [0, 0.05) is 6.54 Å². The van der Waals surface area contributed by atoms with E-state index in [1.54, 1.807) is 0 Å². The Morgan fingerprint density at radius 1 is 1.53 bits per heavy atom. The minimum atomic E-state index is -0.557. The Morgan fingerprint density at radius 3 is 2.59 bits per heavy atom. The van der Waals surface area contributed by atoms with Gasteiger partial charge < -0.3 is 15.1 Å². The fourth-order valence-electron chi connectivity index (χ4n) is 1.46. The zero-order valence-corrected chi connectivity index (χ0v) is 10.5. The summed E-state index contributed by atoms with van der Waals surface area (Å²) < 4.78 is 4.85. The van der Waals surface area contributed by atoms with E-state index in [2.05, 4.69) is 0 Å². The zero-order chi connectivity index (χ0) is 13.0. The van der Waals surface area contributed by atoms with Crippen molar-refractivity contribution in [1.29, 1.82) is 0 Å². The molecule has 0 aliphatic heterocycles. The molecule has 1 aromatic heterocycles. The second-order valence-corrected chi connectivity index (χ2v) is 4.50. The van der Waals surface area contributed by atoms with Crippen LogP contribution in [0.1, 0.15) is 24.2 Å². The van der Waals surface area contributed by atoms with Gasteiger partial charge in [-0.05, 0) is 23.6 Å². The molecule has 0 atom stereocenters. The van der Waals surface area contributed by atoms with Crippen LogP contribution in [-0.4, -0.2) is 29.8 Å². The molecule has 0 unspecified atom stereocenters. The van der Waals surface area contributed by atoms with Crippen molar-refractivity contribution in [1.82, 2.24) is 4.90 Å². The molecule has 94 valence electrons. The summed E-state index contributed by atoms with van der Waals surface area (Å²) in [4.78, 5) is 24.4. The molecule has 1 rings (SSSR count). The predicted molar refractivity (Wildman–Crippen MR) is 63.7 cm³/mol. The lowest BCUT2D eigenvalue weighted by Crippen LogP contribution is -2.40. The van der Waals surface area contributed by atoms with Crippen LogP contribution in [0.5, 0.6) is 0 Å². The molecule has 0 fully saturated rings. The third-order valence-corrected chi connectivity index (χ3v) is 2.36. The molecule has 2 N–H and O–H groups in total. The number of carbonyl (C=O) groups is 2. The van der Waals surface area contributed by atoms with Gasteiger partial charge in [0.1, 0.15) is 0 Å². The van der Waals surface area contributed by atoms with Crippen molar-refractivity contribution in [3.8, 4) is 0 Å². The number of nitrogens with two attached hydrogens (primary N) is 1. The maximum atomic E-state index is 12.1. The lowest BCUT2D eigenvalue weighted by molar-refractivity contribution is -0.118. The van der Waals surface area contributed by atoms with Gasteiger partial charge in [0.15, 0.2) is 0 Å². The van der Waals surface area contributed by atoms with Crippen LogP contribution < -0.4 is 5.73 Å². The SMILES string of the molecule is CC(C)CN(CC(N)=O)C(=O)c1ccoc1Cl. The van der Waals surface area contributed by atoms with Crippen LogP contribution >= 0.6 is 11.6 Å². The average Bonchev–Trinajstić information content (AvgIpc) is 2.61. The van der Waals surface area contributed by atoms with Crippen molar-refractivity contribution in [2.45, 2.75) is 13.8 Å². The molecular formula is C11H15ClN2O3. The Bertz CT molecular complexity index is 415. The number of halogens is 1. The fourth-order valence-corrected chi connectivity index (χ4v) is 1.66. The van der Waals surface area contributed by atoms with Crippen LogP contribution in [0.3, 0.4) is 0 Å². The van der Waals surface area contributed by atoms with Crippen LogP contribution in [0.15, 0.2) is 16.7 Å². The van der Waals surface area contributed by atoms with Crippen LogP contribution in [0, 0.1) is 5.92 Å². The summed E-state index contributed by atoms with van der Waals surface area (Å²) in [5.41, 5.74) is 5.35. The number of hydrogen-bond donors (Lipinski definition) is 1. The summed E-state index contributed by atoms with van der Waals surface area (Å²) in [7, 11) is 0. The number of rotatable bonds is 5. The van der Waals surface area contributed by atoms with E-state index in [4.69, 9.17) is 21.8 Å². The molecule has 2 amide bonds. The minimum absolute atomic E-state index is 0.0215. The maximum Gasteiger partial charge on any atom is 0.259 e. The first-order chi connectivity index (χ1) is 7.91. The van der Waals surface area contributed by atoms with Crippen LogP contribution in [0.4, 0.5) is 0 Å². The van der Waals surface area contributed by atoms with E-state index in [0.29, 0.717) is 6.54 Å². The van der Waals surface area contributed by atoms with Crippen molar-refractivity contribution < 1.29 is 14.0 Å². The van der Waals surface area contributed by atoms with Gasteiger partial charge >= 0.3 is 0 Å². The van der Waals surface area contributed by atoms with Gasteiger partial charge in [-0.15, -0.1) is 0 Å². The Hall–Kier alpha value is -1.49. The molecule has 0 spiro atoms. The highest BCUT2D eigenvalue weighted by molar-refractivity contribution is 6.32. The molecule has 0 bridgehead atoms. The topological polar surface area (TPSA) is 76.5 Å². The van der Waals surface area contributed by atoms with Gasteiger partial charge in [-0.2, -0.15) is 0 Å². The van der Waals surface area contributed by atoms with Crippen LogP contribution in [0.25, 0.3) is 0 Å². The lowest BCUT2D eigenvalue weighted by atomic mass is 10.2. The second-order valence-electron chi connectivity index (χ2n) is 4.15. The van der Waals surface area contributed by atoms with E-state index in [0.717, 1.165) is 0 Å². The predicted octanol–water partition coefficient (Wildman–Crippen LogP) is 1.52. The van der Waals surface area contributed by atoms with Gasteiger partial charge in [-0.3, -0.25) is 9.59 Å². The Kier molecular flexibility index (Phi) is 4.57. The Morgan fingerprint density at radius 2 is 2.18 bits per heavy atom. The molecule has 0 aromatic carbocycles. The van der Waals surface area contributed by atoms with E-state index in [9.17, 15) is 9.59 Å². The number of amides is 2. The van der Waals surface area contributed by atoms with Crippen LogP contribution in [0.2, 0.25) is 5.22 Å². The number of furan rings is 1. The van der Waals surface area contributed by atoms with Crippen molar-refractivity contribution in [2.75, 3.05) is 13.1 Å². The Balaban J connectivity index is 2.86. The highest BCUT2D eigenvalue weighted by Crippen LogP contribution is 2.19. The smallest absolute Gasteiger partial charge is 0.259 e. The molecule has 0 aliphatic carbocycles. The number of nitrogens with zero attached hydrogens (tertiary/aromatic N) is 1. The monoisotopic (exact) mass is 258 g/mol. The molecule has 1 heterocycles. The van der Waals surface area contributed by atoms with Crippen molar-refractivity contribution in [3.63, 3.8) is 0 Å². The molecule has 0 aliphatic rings. The van der Waals surface area contributed by atoms with Gasteiger partial charge in [-0.1, -0.05) is 13.8 Å². The van der Waals surface area contributed by atoms with Gasteiger partial charge in [0.25, 0.3) is 5.91 Å². The summed E-state index contributed by atoms with van der Waals surface area (Å²) in [6, 6.07) is 1.47. The third-order valence-electron chi connectivity index (χ3n) is 2.07. The van der Waals surface area contributed by atoms with Crippen molar-refractivity contribution in [3.05, 3.63) is 23.1 Å². The molecular weight excluding hydrogens is 244 g/mol. The van der Waals surface area contributed by atoms with Crippen molar-refractivity contribution in [2.24, 2.45) is 11.7 Å². The summed E-state index contributed by atoms with van der Waals surface area (Å²) in [5, 5.41) is 0.0215.